The van der Waals surface area contributed by atoms with Gasteiger partial charge in [-0.15, -0.1) is 0 Å². The summed E-state index contributed by atoms with van der Waals surface area (Å²) in [5.74, 6) is 1.11. The Labute approximate surface area is 109 Å². The van der Waals surface area contributed by atoms with Gasteiger partial charge in [-0.25, -0.2) is 4.39 Å². The van der Waals surface area contributed by atoms with E-state index in [0.29, 0.717) is 24.3 Å². The second kappa shape index (κ2) is 6.19. The molecule has 0 heterocycles. The molecule has 100 valence electrons. The van der Waals surface area contributed by atoms with Crippen molar-refractivity contribution in [2.75, 3.05) is 6.61 Å². The minimum absolute atomic E-state index is 0.221. The lowest BCUT2D eigenvalue weighted by Gasteiger charge is -2.25. The molecule has 1 aliphatic carbocycles. The Bertz CT molecular complexity index is 388. The van der Waals surface area contributed by atoms with Crippen LogP contribution < -0.4 is 10.1 Å². The van der Waals surface area contributed by atoms with Crippen LogP contribution in [0.3, 0.4) is 0 Å². The fraction of sp³-hybridized carbons (Fsp3) is 0.600. The van der Waals surface area contributed by atoms with Crippen LogP contribution in [0.25, 0.3) is 0 Å². The van der Waals surface area contributed by atoms with E-state index >= 15 is 0 Å². The predicted octanol–water partition coefficient (Wildman–Crippen LogP) is 3.50. The molecule has 0 bridgehead atoms. The second-order valence-corrected chi connectivity index (χ2v) is 5.44. The molecule has 1 fully saturated rings. The average Bonchev–Trinajstić information content (AvgIpc) is 2.23. The molecule has 0 atom stereocenters. The molecule has 0 saturated heterocycles. The van der Waals surface area contributed by atoms with Crippen molar-refractivity contribution in [1.29, 1.82) is 0 Å². The van der Waals surface area contributed by atoms with Crippen LogP contribution in [-0.2, 0) is 6.54 Å². The van der Waals surface area contributed by atoms with Crippen LogP contribution in [0.2, 0.25) is 0 Å². The normalized spacial score (nSPS) is 15.8. The van der Waals surface area contributed by atoms with E-state index in [0.717, 1.165) is 12.2 Å². The molecule has 18 heavy (non-hydrogen) atoms. The van der Waals surface area contributed by atoms with Crippen LogP contribution in [0.1, 0.15) is 38.7 Å². The summed E-state index contributed by atoms with van der Waals surface area (Å²) in [6, 6.07) is 5.35. The number of benzene rings is 1. The largest absolute Gasteiger partial charge is 0.493 e. The van der Waals surface area contributed by atoms with Crippen molar-refractivity contribution < 1.29 is 9.13 Å². The summed E-state index contributed by atoms with van der Waals surface area (Å²) in [6.45, 7) is 5.55. The van der Waals surface area contributed by atoms with E-state index in [1.54, 1.807) is 6.07 Å². The SMILES string of the molecule is CC(C)NCc1cc(F)cc(OCC2CCC2)c1. The molecular formula is C15H22FNO. The standard InChI is InChI=1S/C15H22FNO/c1-11(2)17-9-13-6-14(16)8-15(7-13)18-10-12-4-3-5-12/h6-8,11-12,17H,3-5,9-10H2,1-2H3. The van der Waals surface area contributed by atoms with E-state index in [1.165, 1.54) is 25.3 Å². The minimum atomic E-state index is -0.221. The van der Waals surface area contributed by atoms with Gasteiger partial charge in [0.15, 0.2) is 0 Å². The van der Waals surface area contributed by atoms with Gasteiger partial charge in [-0.1, -0.05) is 20.3 Å². The highest BCUT2D eigenvalue weighted by Crippen LogP contribution is 2.27. The van der Waals surface area contributed by atoms with E-state index < -0.39 is 0 Å². The van der Waals surface area contributed by atoms with E-state index in [-0.39, 0.29) is 5.82 Å². The number of halogens is 1. The zero-order valence-corrected chi connectivity index (χ0v) is 11.2. The molecule has 2 nitrogen and oxygen atoms in total. The van der Waals surface area contributed by atoms with Gasteiger partial charge in [-0.3, -0.25) is 0 Å². The summed E-state index contributed by atoms with van der Waals surface area (Å²) < 4.78 is 19.1. The lowest BCUT2D eigenvalue weighted by Crippen LogP contribution is -2.22. The molecule has 0 aliphatic heterocycles. The first-order valence-corrected chi connectivity index (χ1v) is 6.79. The first-order valence-electron chi connectivity index (χ1n) is 6.79. The molecule has 3 heteroatoms. The van der Waals surface area contributed by atoms with E-state index in [1.807, 2.05) is 6.07 Å². The van der Waals surface area contributed by atoms with Gasteiger partial charge in [0.25, 0.3) is 0 Å². The van der Waals surface area contributed by atoms with Crippen molar-refractivity contribution in [3.8, 4) is 5.75 Å². The molecule has 2 rings (SSSR count). The molecule has 1 saturated carbocycles. The monoisotopic (exact) mass is 251 g/mol. The average molecular weight is 251 g/mol. The topological polar surface area (TPSA) is 21.3 Å². The fourth-order valence-electron chi connectivity index (χ4n) is 2.00. The number of hydrogen-bond donors (Lipinski definition) is 1. The maximum Gasteiger partial charge on any atom is 0.127 e. The number of hydrogen-bond acceptors (Lipinski definition) is 2. The molecule has 1 aliphatic rings. The van der Waals surface area contributed by atoms with E-state index in [9.17, 15) is 4.39 Å². The molecule has 1 aromatic carbocycles. The van der Waals surface area contributed by atoms with Gasteiger partial charge < -0.3 is 10.1 Å². The zero-order chi connectivity index (χ0) is 13.0. The van der Waals surface area contributed by atoms with Crippen LogP contribution in [0.5, 0.6) is 5.75 Å². The Morgan fingerprint density at radius 2 is 2.11 bits per heavy atom. The van der Waals surface area contributed by atoms with Gasteiger partial charge >= 0.3 is 0 Å². The van der Waals surface area contributed by atoms with Crippen molar-refractivity contribution in [3.63, 3.8) is 0 Å². The van der Waals surface area contributed by atoms with Crippen molar-refractivity contribution in [3.05, 3.63) is 29.6 Å². The Kier molecular flexibility index (Phi) is 4.59. The van der Waals surface area contributed by atoms with Crippen LogP contribution in [0.15, 0.2) is 18.2 Å². The molecule has 0 radical (unpaired) electrons. The van der Waals surface area contributed by atoms with Crippen molar-refractivity contribution >= 4 is 0 Å². The molecule has 0 spiro atoms. The van der Waals surface area contributed by atoms with Gasteiger partial charge in [0.1, 0.15) is 11.6 Å². The van der Waals surface area contributed by atoms with Crippen molar-refractivity contribution in [2.45, 2.75) is 45.7 Å². The van der Waals surface area contributed by atoms with Crippen molar-refractivity contribution in [2.24, 2.45) is 5.92 Å². The van der Waals surface area contributed by atoms with E-state index in [4.69, 9.17) is 4.74 Å². The summed E-state index contributed by atoms with van der Waals surface area (Å²) in [6.07, 6.45) is 3.80. The van der Waals surface area contributed by atoms with Crippen LogP contribution in [-0.4, -0.2) is 12.6 Å². The maximum atomic E-state index is 13.5. The highest BCUT2D eigenvalue weighted by Gasteiger charge is 2.18. The smallest absolute Gasteiger partial charge is 0.127 e. The summed E-state index contributed by atoms with van der Waals surface area (Å²) in [7, 11) is 0. The molecule has 0 aromatic heterocycles. The van der Waals surface area contributed by atoms with Crippen LogP contribution >= 0.6 is 0 Å². The molecule has 1 aromatic rings. The highest BCUT2D eigenvalue weighted by atomic mass is 19.1. The van der Waals surface area contributed by atoms with Gasteiger partial charge in [0.2, 0.25) is 0 Å². The predicted molar refractivity (Wildman–Crippen MR) is 71.2 cm³/mol. The van der Waals surface area contributed by atoms with Gasteiger partial charge in [0.05, 0.1) is 6.61 Å². The van der Waals surface area contributed by atoms with Gasteiger partial charge in [-0.05, 0) is 36.5 Å². The lowest BCUT2D eigenvalue weighted by molar-refractivity contribution is 0.180. The van der Waals surface area contributed by atoms with Gasteiger partial charge in [0, 0.05) is 18.7 Å². The van der Waals surface area contributed by atoms with Crippen LogP contribution in [0, 0.1) is 11.7 Å². The number of rotatable bonds is 6. The Morgan fingerprint density at radius 1 is 1.33 bits per heavy atom. The number of nitrogens with one attached hydrogen (secondary N) is 1. The summed E-state index contributed by atoms with van der Waals surface area (Å²) in [5, 5.41) is 3.28. The van der Waals surface area contributed by atoms with Gasteiger partial charge in [-0.2, -0.15) is 0 Å². The summed E-state index contributed by atoms with van der Waals surface area (Å²) >= 11 is 0. The van der Waals surface area contributed by atoms with E-state index in [2.05, 4.69) is 19.2 Å². The lowest BCUT2D eigenvalue weighted by atomic mass is 9.86. The van der Waals surface area contributed by atoms with Crippen molar-refractivity contribution in [1.82, 2.24) is 5.32 Å². The molecule has 1 N–H and O–H groups in total. The summed E-state index contributed by atoms with van der Waals surface area (Å²) in [5.41, 5.74) is 0.937. The quantitative estimate of drug-likeness (QED) is 0.835. The minimum Gasteiger partial charge on any atom is -0.493 e. The molecule has 0 unspecified atom stereocenters. The summed E-state index contributed by atoms with van der Waals surface area (Å²) in [4.78, 5) is 0. The maximum absolute atomic E-state index is 13.5. The zero-order valence-electron chi connectivity index (χ0n) is 11.2. The Hall–Kier alpha value is -1.09. The molecule has 0 amide bonds. The number of ether oxygens (including phenoxy) is 1. The Balaban J connectivity index is 1.91. The second-order valence-electron chi connectivity index (χ2n) is 5.44. The third kappa shape index (κ3) is 3.98. The first kappa shape index (κ1) is 13.3. The molecular weight excluding hydrogens is 229 g/mol. The fourth-order valence-corrected chi connectivity index (χ4v) is 2.00. The first-order chi connectivity index (χ1) is 8.63. The third-order valence-electron chi connectivity index (χ3n) is 3.36. The Morgan fingerprint density at radius 3 is 2.72 bits per heavy atom. The third-order valence-corrected chi connectivity index (χ3v) is 3.36. The van der Waals surface area contributed by atoms with Crippen LogP contribution in [0.4, 0.5) is 4.39 Å². The highest BCUT2D eigenvalue weighted by molar-refractivity contribution is 5.29.